The topological polar surface area (TPSA) is 72.6 Å². The third kappa shape index (κ3) is 3.15. The van der Waals surface area contributed by atoms with Gasteiger partial charge in [-0.2, -0.15) is 4.31 Å². The van der Waals surface area contributed by atoms with E-state index in [9.17, 15) is 8.42 Å². The van der Waals surface area contributed by atoms with Gasteiger partial charge in [-0.05, 0) is 36.6 Å². The van der Waals surface area contributed by atoms with Crippen LogP contribution in [0.2, 0.25) is 5.02 Å². The minimum absolute atomic E-state index is 0.145. The summed E-state index contributed by atoms with van der Waals surface area (Å²) < 4.78 is 31.9. The first-order valence-corrected chi connectivity index (χ1v) is 8.32. The average molecular weight is 319 g/mol. The van der Waals surface area contributed by atoms with E-state index in [1.807, 2.05) is 0 Å². The maximum atomic E-state index is 12.6. The van der Waals surface area contributed by atoms with Crippen molar-refractivity contribution in [3.05, 3.63) is 28.8 Å². The number of ether oxygens (including phenoxy) is 1. The molecule has 2 N–H and O–H groups in total. The Labute approximate surface area is 124 Å². The Balaban J connectivity index is 2.22. The Hall–Kier alpha value is -0.660. The number of nitrogens with two attached hydrogens (primary N) is 1. The van der Waals surface area contributed by atoms with Crippen LogP contribution in [0.1, 0.15) is 18.4 Å². The Morgan fingerprint density at radius 2 is 2.05 bits per heavy atom. The number of piperidine rings is 1. The highest BCUT2D eigenvalue weighted by molar-refractivity contribution is 7.89. The van der Waals surface area contributed by atoms with Crippen LogP contribution in [0.5, 0.6) is 0 Å². The molecule has 1 heterocycles. The van der Waals surface area contributed by atoms with Crippen molar-refractivity contribution < 1.29 is 13.2 Å². The van der Waals surface area contributed by atoms with Gasteiger partial charge in [0.1, 0.15) is 0 Å². The van der Waals surface area contributed by atoms with Crippen LogP contribution < -0.4 is 5.73 Å². The van der Waals surface area contributed by atoms with Crippen LogP contribution in [0.3, 0.4) is 0 Å². The molecule has 5 nitrogen and oxygen atoms in total. The number of benzene rings is 1. The molecule has 1 fully saturated rings. The van der Waals surface area contributed by atoms with Crippen molar-refractivity contribution in [1.82, 2.24) is 4.31 Å². The summed E-state index contributed by atoms with van der Waals surface area (Å²) in [5.74, 6) is 0. The van der Waals surface area contributed by atoms with E-state index in [-0.39, 0.29) is 17.5 Å². The minimum atomic E-state index is -3.48. The molecule has 0 saturated carbocycles. The van der Waals surface area contributed by atoms with Gasteiger partial charge >= 0.3 is 0 Å². The van der Waals surface area contributed by atoms with E-state index < -0.39 is 10.0 Å². The van der Waals surface area contributed by atoms with Crippen molar-refractivity contribution in [2.45, 2.75) is 30.4 Å². The SMILES string of the molecule is COC1CCN(S(=O)(=O)c2ccc(Cl)c(CN)c2)CC1. The van der Waals surface area contributed by atoms with Gasteiger partial charge in [-0.15, -0.1) is 0 Å². The molecule has 1 aromatic rings. The van der Waals surface area contributed by atoms with Crippen LogP contribution in [0.25, 0.3) is 0 Å². The van der Waals surface area contributed by atoms with Crippen molar-refractivity contribution >= 4 is 21.6 Å². The first kappa shape index (κ1) is 15.7. The quantitative estimate of drug-likeness (QED) is 0.915. The van der Waals surface area contributed by atoms with Crippen LogP contribution in [0.15, 0.2) is 23.1 Å². The number of sulfonamides is 1. The van der Waals surface area contributed by atoms with Crippen molar-refractivity contribution in [3.8, 4) is 0 Å². The van der Waals surface area contributed by atoms with Crippen molar-refractivity contribution in [2.75, 3.05) is 20.2 Å². The molecule has 1 aromatic carbocycles. The zero-order valence-corrected chi connectivity index (χ0v) is 13.0. The van der Waals surface area contributed by atoms with Crippen LogP contribution in [0.4, 0.5) is 0 Å². The standard InChI is InChI=1S/C13H19ClN2O3S/c1-19-11-4-6-16(7-5-11)20(17,18)12-2-3-13(14)10(8-12)9-15/h2-3,8,11H,4-7,9,15H2,1H3. The number of hydrogen-bond acceptors (Lipinski definition) is 4. The van der Waals surface area contributed by atoms with E-state index in [2.05, 4.69) is 0 Å². The number of halogens is 1. The van der Waals surface area contributed by atoms with Gasteiger partial charge in [-0.1, -0.05) is 11.6 Å². The van der Waals surface area contributed by atoms with Gasteiger partial charge in [0.15, 0.2) is 0 Å². The maximum Gasteiger partial charge on any atom is 0.243 e. The van der Waals surface area contributed by atoms with Crippen molar-refractivity contribution in [3.63, 3.8) is 0 Å². The number of hydrogen-bond donors (Lipinski definition) is 1. The molecular weight excluding hydrogens is 300 g/mol. The Kier molecular flexibility index (Phi) is 5.04. The van der Waals surface area contributed by atoms with Crippen LogP contribution in [0, 0.1) is 0 Å². The molecule has 0 spiro atoms. The fraction of sp³-hybridized carbons (Fsp3) is 0.538. The van der Waals surface area contributed by atoms with E-state index in [1.54, 1.807) is 19.2 Å². The predicted molar refractivity (Wildman–Crippen MR) is 78.1 cm³/mol. The lowest BCUT2D eigenvalue weighted by molar-refractivity contribution is 0.0604. The molecule has 112 valence electrons. The van der Waals surface area contributed by atoms with Gasteiger partial charge in [0.05, 0.1) is 11.0 Å². The smallest absolute Gasteiger partial charge is 0.243 e. The molecule has 20 heavy (non-hydrogen) atoms. The van der Waals surface area contributed by atoms with Crippen molar-refractivity contribution in [1.29, 1.82) is 0 Å². The lowest BCUT2D eigenvalue weighted by Gasteiger charge is -2.30. The second kappa shape index (κ2) is 6.41. The second-order valence-corrected chi connectivity index (χ2v) is 7.14. The van der Waals surface area contributed by atoms with Gasteiger partial charge in [0.2, 0.25) is 10.0 Å². The molecule has 7 heteroatoms. The molecule has 0 aromatic heterocycles. The summed E-state index contributed by atoms with van der Waals surface area (Å²) in [7, 11) is -1.83. The van der Waals surface area contributed by atoms with Gasteiger partial charge < -0.3 is 10.5 Å². The molecular formula is C13H19ClN2O3S. The van der Waals surface area contributed by atoms with Gasteiger partial charge in [-0.3, -0.25) is 0 Å². The number of rotatable bonds is 4. The van der Waals surface area contributed by atoms with Crippen LogP contribution in [-0.4, -0.2) is 39.0 Å². The van der Waals surface area contributed by atoms with E-state index in [4.69, 9.17) is 22.1 Å². The molecule has 0 aliphatic carbocycles. The predicted octanol–water partition coefficient (Wildman–Crippen LogP) is 1.60. The summed E-state index contributed by atoms with van der Waals surface area (Å²) in [4.78, 5) is 0.248. The van der Waals surface area contributed by atoms with E-state index in [0.717, 1.165) is 0 Å². The lowest BCUT2D eigenvalue weighted by Crippen LogP contribution is -2.40. The molecule has 0 radical (unpaired) electrons. The van der Waals surface area contributed by atoms with Crippen molar-refractivity contribution in [2.24, 2.45) is 5.73 Å². The summed E-state index contributed by atoms with van der Waals surface area (Å²) in [6.45, 7) is 1.16. The molecule has 0 bridgehead atoms. The van der Waals surface area contributed by atoms with E-state index >= 15 is 0 Å². The summed E-state index contributed by atoms with van der Waals surface area (Å²) in [5.41, 5.74) is 6.21. The molecule has 1 saturated heterocycles. The zero-order valence-electron chi connectivity index (χ0n) is 11.4. The number of methoxy groups -OCH3 is 1. The Morgan fingerprint density at radius 1 is 1.40 bits per heavy atom. The van der Waals surface area contributed by atoms with Gasteiger partial charge in [-0.25, -0.2) is 8.42 Å². The van der Waals surface area contributed by atoms with Crippen LogP contribution >= 0.6 is 11.6 Å². The third-order valence-electron chi connectivity index (χ3n) is 3.61. The fourth-order valence-corrected chi connectivity index (χ4v) is 4.04. The summed E-state index contributed by atoms with van der Waals surface area (Å²) in [5, 5.41) is 0.490. The highest BCUT2D eigenvalue weighted by atomic mass is 35.5. The molecule has 1 aliphatic rings. The molecule has 1 aliphatic heterocycles. The normalized spacial score (nSPS) is 18.4. The maximum absolute atomic E-state index is 12.6. The fourth-order valence-electron chi connectivity index (χ4n) is 2.33. The molecule has 2 rings (SSSR count). The largest absolute Gasteiger partial charge is 0.381 e. The lowest BCUT2D eigenvalue weighted by atomic mass is 10.1. The highest BCUT2D eigenvalue weighted by Crippen LogP contribution is 2.25. The third-order valence-corrected chi connectivity index (χ3v) is 5.87. The zero-order chi connectivity index (χ0) is 14.8. The first-order chi connectivity index (χ1) is 9.48. The Morgan fingerprint density at radius 3 is 2.60 bits per heavy atom. The highest BCUT2D eigenvalue weighted by Gasteiger charge is 2.29. The van der Waals surface area contributed by atoms with E-state index in [0.29, 0.717) is 36.5 Å². The monoisotopic (exact) mass is 318 g/mol. The summed E-state index contributed by atoms with van der Waals surface area (Å²) in [6.07, 6.45) is 1.58. The summed E-state index contributed by atoms with van der Waals surface area (Å²) in [6, 6.07) is 4.66. The minimum Gasteiger partial charge on any atom is -0.381 e. The van der Waals surface area contributed by atoms with Crippen LogP contribution in [-0.2, 0) is 21.3 Å². The van der Waals surface area contributed by atoms with Gasteiger partial charge in [0, 0.05) is 31.8 Å². The van der Waals surface area contributed by atoms with Gasteiger partial charge in [0.25, 0.3) is 0 Å². The average Bonchev–Trinajstić information content (AvgIpc) is 2.47. The molecule has 0 unspecified atom stereocenters. The Bertz CT molecular complexity index is 569. The second-order valence-electron chi connectivity index (χ2n) is 4.80. The molecule has 0 atom stereocenters. The number of nitrogens with zero attached hydrogens (tertiary/aromatic N) is 1. The van der Waals surface area contributed by atoms with E-state index in [1.165, 1.54) is 10.4 Å². The molecule has 0 amide bonds. The summed E-state index contributed by atoms with van der Waals surface area (Å²) >= 11 is 5.97. The first-order valence-electron chi connectivity index (χ1n) is 6.50.